The number of nitrogens with zero attached hydrogens (tertiary/aromatic N) is 6. The number of carbonyl (C=O) groups is 4. The molecule has 16 nitrogen and oxygen atoms in total. The van der Waals surface area contributed by atoms with Crippen LogP contribution in [-0.2, 0) is 0 Å². The summed E-state index contributed by atoms with van der Waals surface area (Å²) in [5.41, 5.74) is 2.30. The molecule has 9 rings (SSSR count). The van der Waals surface area contributed by atoms with E-state index in [1.807, 2.05) is 42.7 Å². The highest BCUT2D eigenvalue weighted by molar-refractivity contribution is 7.17. The Labute approximate surface area is 413 Å². The van der Waals surface area contributed by atoms with Gasteiger partial charge >= 0.3 is 0 Å². The van der Waals surface area contributed by atoms with Gasteiger partial charge < -0.3 is 41.3 Å². The number of thiazole rings is 2. The zero-order valence-electron chi connectivity index (χ0n) is 41.7. The molecular weight excluding hydrogens is 913 g/mol. The van der Waals surface area contributed by atoms with E-state index in [9.17, 15) is 29.4 Å². The zero-order chi connectivity index (χ0) is 49.6. The number of amides is 4. The second kappa shape index (κ2) is 19.6. The molecule has 3 aliphatic heterocycles. The van der Waals surface area contributed by atoms with Crippen LogP contribution in [0.15, 0.2) is 24.5 Å². The van der Waals surface area contributed by atoms with E-state index in [1.165, 1.54) is 35.5 Å². The molecule has 4 amide bonds. The van der Waals surface area contributed by atoms with Crippen LogP contribution >= 0.6 is 22.7 Å². The van der Waals surface area contributed by atoms with E-state index >= 15 is 0 Å². The van der Waals surface area contributed by atoms with Crippen LogP contribution in [0.2, 0.25) is 0 Å². The lowest BCUT2D eigenvalue weighted by atomic mass is 9.78. The molecule has 0 unspecified atom stereocenters. The summed E-state index contributed by atoms with van der Waals surface area (Å²) in [7, 11) is 0. The molecule has 7 heterocycles. The minimum Gasteiger partial charge on any atom is -0.389 e. The number of nitrogens with one attached hydrogen (secondary N) is 4. The van der Waals surface area contributed by atoms with Crippen LogP contribution in [0.4, 0.5) is 11.6 Å². The molecule has 18 heteroatoms. The van der Waals surface area contributed by atoms with E-state index in [-0.39, 0.29) is 70.0 Å². The van der Waals surface area contributed by atoms with Gasteiger partial charge in [-0.25, -0.2) is 19.9 Å². The Morgan fingerprint density at radius 2 is 1.10 bits per heavy atom. The minimum absolute atomic E-state index is 0.0875. The number of likely N-dealkylation sites (tertiary alicyclic amines) is 1. The fourth-order valence-corrected chi connectivity index (χ4v) is 12.1. The first kappa shape index (κ1) is 50.4. The first-order valence-corrected chi connectivity index (χ1v) is 26.3. The lowest BCUT2D eigenvalue weighted by molar-refractivity contribution is 0.0692. The number of carbonyl (C=O) groups excluding carboxylic acids is 4. The molecule has 6 N–H and O–H groups in total. The summed E-state index contributed by atoms with van der Waals surface area (Å²) in [6.45, 7) is 17.9. The number of rotatable bonds is 14. The summed E-state index contributed by atoms with van der Waals surface area (Å²) in [5, 5.41) is 32.9. The fraction of sp³-hybridized carbons (Fsp3) is 0.608. The van der Waals surface area contributed by atoms with Crippen LogP contribution in [0.1, 0.15) is 177 Å². The normalized spacial score (nSPS) is 21.2. The number of fused-ring (bicyclic) bond motifs is 2. The van der Waals surface area contributed by atoms with E-state index in [0.29, 0.717) is 27.7 Å². The zero-order valence-corrected chi connectivity index (χ0v) is 43.3. The van der Waals surface area contributed by atoms with Gasteiger partial charge in [0.25, 0.3) is 23.6 Å². The number of anilines is 2. The van der Waals surface area contributed by atoms with Crippen molar-refractivity contribution in [3.63, 3.8) is 0 Å². The molecule has 372 valence electrons. The summed E-state index contributed by atoms with van der Waals surface area (Å²) < 4.78 is 0. The fourth-order valence-electron chi connectivity index (χ4n) is 9.98. The average Bonchev–Trinajstić information content (AvgIpc) is 4.13. The highest BCUT2D eigenvalue weighted by atomic mass is 32.1. The van der Waals surface area contributed by atoms with Gasteiger partial charge in [0.15, 0.2) is 10.0 Å². The largest absolute Gasteiger partial charge is 0.389 e. The monoisotopic (exact) mass is 982 g/mol. The van der Waals surface area contributed by atoms with Gasteiger partial charge in [0.05, 0.1) is 21.0 Å². The van der Waals surface area contributed by atoms with Crippen LogP contribution in [0, 0.1) is 13.8 Å². The molecule has 1 atom stereocenters. The van der Waals surface area contributed by atoms with E-state index in [1.54, 1.807) is 40.1 Å². The van der Waals surface area contributed by atoms with E-state index in [2.05, 4.69) is 55.1 Å². The second-order valence-electron chi connectivity index (χ2n) is 21.9. The second-order valence-corrected chi connectivity index (χ2v) is 23.9. The van der Waals surface area contributed by atoms with Crippen molar-refractivity contribution < 1.29 is 29.4 Å². The maximum atomic E-state index is 13.7. The highest BCUT2D eigenvalue weighted by Gasteiger charge is 2.44. The number of aryl methyl sites for hydroxylation is 2. The van der Waals surface area contributed by atoms with E-state index in [0.717, 1.165) is 98.1 Å². The Hall–Kier alpha value is -5.04. The Kier molecular flexibility index (Phi) is 14.3. The lowest BCUT2D eigenvalue weighted by Gasteiger charge is -2.39. The molecule has 0 radical (unpaired) electrons. The molecule has 0 aromatic carbocycles. The van der Waals surface area contributed by atoms with Crippen molar-refractivity contribution in [3.8, 4) is 20.9 Å². The predicted octanol–water partition coefficient (Wildman–Crippen LogP) is 8.13. The summed E-state index contributed by atoms with van der Waals surface area (Å²) in [5.74, 6) is 0.615. The number of pyridine rings is 2. The summed E-state index contributed by atoms with van der Waals surface area (Å²) in [6.07, 6.45) is 16.6. The smallest absolute Gasteiger partial charge is 0.280 e. The third-order valence-electron chi connectivity index (χ3n) is 14.4. The Morgan fingerprint density at radius 3 is 1.45 bits per heavy atom. The Balaban J connectivity index is 0.000000186. The first-order chi connectivity index (χ1) is 32.5. The molecule has 69 heavy (non-hydrogen) atoms. The number of aromatic nitrogens is 4. The maximum absolute atomic E-state index is 13.7. The summed E-state index contributed by atoms with van der Waals surface area (Å²) >= 11 is 2.41. The van der Waals surface area contributed by atoms with Crippen molar-refractivity contribution in [1.29, 1.82) is 0 Å². The van der Waals surface area contributed by atoms with Gasteiger partial charge in [-0.2, -0.15) is 0 Å². The molecule has 2 bridgehead atoms. The molecule has 2 aliphatic carbocycles. The average molecular weight is 983 g/mol. The quantitative estimate of drug-likeness (QED) is 0.0707. The third kappa shape index (κ3) is 11.4. The molecule has 0 spiro atoms. The SMILES string of the molecule is Cc1cc(NC2(C)CCC2)ncc1-c1sc(C(=O)NCC(C)(C)O)nc1C(=O)N1C2CCC1CC2.Cc1cc(NC2(C)CCC2)ncc1-c1sc(C(=O)NCC(C)(C)O)nc1C(=O)N1CCC[C@@H]1C. The summed E-state index contributed by atoms with van der Waals surface area (Å²) in [6, 6.07) is 4.69. The summed E-state index contributed by atoms with van der Waals surface area (Å²) in [4.78, 5) is 76.4. The van der Waals surface area contributed by atoms with E-state index < -0.39 is 17.1 Å². The highest BCUT2D eigenvalue weighted by Crippen LogP contribution is 2.42. The van der Waals surface area contributed by atoms with Crippen molar-refractivity contribution in [2.75, 3.05) is 30.3 Å². The predicted molar refractivity (Wildman–Crippen MR) is 271 cm³/mol. The van der Waals surface area contributed by atoms with Gasteiger partial charge in [0.1, 0.15) is 23.0 Å². The minimum atomic E-state index is -1.04. The molecule has 4 aromatic heterocycles. The molecule has 5 aliphatic rings. The standard InChI is InChI=1S/C26H35N5O3S.C25H35N5O3S/c1-15-12-19(30-26(4)10-5-11-26)27-13-18(15)21-20(24(33)31-16-6-7-17(31)9-8-16)29-23(35-21)22(32)28-14-25(2,3)34;1-15-12-18(29-25(5)9-7-10-25)26-13-17(15)20-19(23(32)30-11-6-8-16(30)2)28-22(34-20)21(31)27-14-24(3,4)33/h12-13,16-17,34H,5-11,14H2,1-4H3,(H,27,30)(H,28,32);12-13,16,33H,6-11,14H2,1-5H3,(H,26,29)(H,27,31)/t;16-/m.0/s1. The van der Waals surface area contributed by atoms with Gasteiger partial charge in [0, 0.05) is 72.4 Å². The Morgan fingerprint density at radius 1 is 0.681 bits per heavy atom. The molecule has 2 saturated carbocycles. The van der Waals surface area contributed by atoms with Crippen molar-refractivity contribution in [1.82, 2.24) is 40.4 Å². The van der Waals surface area contributed by atoms with Crippen molar-refractivity contribution in [2.24, 2.45) is 0 Å². The van der Waals surface area contributed by atoms with E-state index in [4.69, 9.17) is 0 Å². The maximum Gasteiger partial charge on any atom is 0.280 e. The van der Waals surface area contributed by atoms with Crippen LogP contribution < -0.4 is 21.3 Å². The van der Waals surface area contributed by atoms with Crippen LogP contribution in [-0.4, -0.2) is 124 Å². The number of aliphatic hydroxyl groups is 2. The van der Waals surface area contributed by atoms with Gasteiger partial charge in [-0.05, 0) is 163 Å². The third-order valence-corrected chi connectivity index (χ3v) is 16.6. The molecule has 4 aromatic rings. The van der Waals surface area contributed by atoms with Gasteiger partial charge in [0.2, 0.25) is 0 Å². The van der Waals surface area contributed by atoms with Gasteiger partial charge in [-0.15, -0.1) is 22.7 Å². The topological polar surface area (TPSA) is 215 Å². The van der Waals surface area contributed by atoms with Gasteiger partial charge in [-0.3, -0.25) is 19.2 Å². The first-order valence-electron chi connectivity index (χ1n) is 24.7. The lowest BCUT2D eigenvalue weighted by Crippen LogP contribution is -2.41. The van der Waals surface area contributed by atoms with Crippen LogP contribution in [0.3, 0.4) is 0 Å². The molecule has 5 fully saturated rings. The Bertz CT molecular complexity index is 2570. The van der Waals surface area contributed by atoms with Crippen LogP contribution in [0.25, 0.3) is 20.9 Å². The van der Waals surface area contributed by atoms with Crippen molar-refractivity contribution >= 4 is 57.9 Å². The van der Waals surface area contributed by atoms with Crippen LogP contribution in [0.5, 0.6) is 0 Å². The van der Waals surface area contributed by atoms with Crippen molar-refractivity contribution in [2.45, 2.75) is 180 Å². The van der Waals surface area contributed by atoms with Crippen molar-refractivity contribution in [3.05, 3.63) is 57.1 Å². The number of hydrogen-bond donors (Lipinski definition) is 6. The van der Waals surface area contributed by atoms with Gasteiger partial charge in [-0.1, -0.05) is 0 Å². The number of hydrogen-bond acceptors (Lipinski definition) is 14. The molecule has 3 saturated heterocycles. The molecular formula is C51H70N10O6S2.